The van der Waals surface area contributed by atoms with Crippen molar-refractivity contribution >= 4 is 29.5 Å². The number of nitrogens with zero attached hydrogens (tertiary/aromatic N) is 2. The van der Waals surface area contributed by atoms with Gasteiger partial charge in [0.25, 0.3) is 0 Å². The summed E-state index contributed by atoms with van der Waals surface area (Å²) in [4.78, 5) is 38.6. The van der Waals surface area contributed by atoms with E-state index in [1.54, 1.807) is 17.1 Å². The molecule has 2 heterocycles. The lowest BCUT2D eigenvalue weighted by Crippen LogP contribution is -2.39. The number of carbonyl (C=O) groups is 3. The summed E-state index contributed by atoms with van der Waals surface area (Å²) in [5, 5.41) is 8.82. The maximum Gasteiger partial charge on any atom is 0.303 e. The third-order valence-electron chi connectivity index (χ3n) is 5.29. The molecule has 0 spiro atoms. The fourth-order valence-corrected chi connectivity index (χ4v) is 3.79. The Morgan fingerprint density at radius 3 is 2.59 bits per heavy atom. The zero-order valence-corrected chi connectivity index (χ0v) is 15.5. The molecule has 144 valence electrons. The van der Waals surface area contributed by atoms with Crippen LogP contribution in [-0.4, -0.2) is 47.4 Å². The van der Waals surface area contributed by atoms with Crippen LogP contribution >= 0.6 is 0 Å². The van der Waals surface area contributed by atoms with E-state index in [1.165, 1.54) is 0 Å². The van der Waals surface area contributed by atoms with Crippen molar-refractivity contribution in [1.29, 1.82) is 0 Å². The van der Waals surface area contributed by atoms with E-state index >= 15 is 0 Å². The number of hydrogen-bond acceptors (Lipinski definition) is 3. The van der Waals surface area contributed by atoms with Crippen LogP contribution < -0.4 is 4.90 Å². The van der Waals surface area contributed by atoms with Crippen molar-refractivity contribution in [3.05, 3.63) is 35.9 Å². The van der Waals surface area contributed by atoms with Gasteiger partial charge in [-0.1, -0.05) is 12.1 Å². The average molecular weight is 370 g/mol. The standard InChI is InChI=1S/C21H26N2O4/c24-19(22-13-1-3-17(15-22)8-12-21(26)27)11-7-16-5-9-18(10-6-16)23-14-2-4-20(23)25/h5-7,9-11,17H,1-4,8,12-15H2,(H,26,27). The summed E-state index contributed by atoms with van der Waals surface area (Å²) >= 11 is 0. The van der Waals surface area contributed by atoms with Crippen molar-refractivity contribution in [3.8, 4) is 0 Å². The molecular formula is C21H26N2O4. The highest BCUT2D eigenvalue weighted by atomic mass is 16.4. The van der Waals surface area contributed by atoms with Crippen molar-refractivity contribution < 1.29 is 19.5 Å². The molecule has 27 heavy (non-hydrogen) atoms. The summed E-state index contributed by atoms with van der Waals surface area (Å²) in [5.74, 6) is -0.383. The Bertz CT molecular complexity index is 726. The molecule has 1 aromatic rings. The van der Waals surface area contributed by atoms with Crippen LogP contribution in [0.4, 0.5) is 5.69 Å². The van der Waals surface area contributed by atoms with Gasteiger partial charge in [-0.3, -0.25) is 14.4 Å². The number of likely N-dealkylation sites (tertiary alicyclic amines) is 1. The Morgan fingerprint density at radius 1 is 1.15 bits per heavy atom. The molecule has 1 unspecified atom stereocenters. The first-order chi connectivity index (χ1) is 13.0. The highest BCUT2D eigenvalue weighted by Crippen LogP contribution is 2.23. The largest absolute Gasteiger partial charge is 0.481 e. The first kappa shape index (κ1) is 19.1. The number of aliphatic carboxylic acids is 1. The Hall–Kier alpha value is -2.63. The second kappa shape index (κ2) is 8.84. The number of amides is 2. The van der Waals surface area contributed by atoms with E-state index in [-0.39, 0.29) is 24.2 Å². The summed E-state index contributed by atoms with van der Waals surface area (Å²) in [6.45, 7) is 2.12. The molecular weight excluding hydrogens is 344 g/mol. The lowest BCUT2D eigenvalue weighted by atomic mass is 9.93. The molecule has 0 radical (unpaired) electrons. The lowest BCUT2D eigenvalue weighted by Gasteiger charge is -2.32. The highest BCUT2D eigenvalue weighted by molar-refractivity contribution is 5.95. The predicted molar refractivity (Wildman–Crippen MR) is 103 cm³/mol. The number of anilines is 1. The van der Waals surface area contributed by atoms with Crippen molar-refractivity contribution in [2.75, 3.05) is 24.5 Å². The highest BCUT2D eigenvalue weighted by Gasteiger charge is 2.23. The predicted octanol–water partition coefficient (Wildman–Crippen LogP) is 2.93. The Balaban J connectivity index is 1.54. The lowest BCUT2D eigenvalue weighted by molar-refractivity contribution is -0.137. The number of carbonyl (C=O) groups excluding carboxylic acids is 2. The molecule has 0 bridgehead atoms. The van der Waals surface area contributed by atoms with E-state index in [9.17, 15) is 14.4 Å². The molecule has 1 atom stereocenters. The Morgan fingerprint density at radius 2 is 1.93 bits per heavy atom. The van der Waals surface area contributed by atoms with Crippen LogP contribution in [0, 0.1) is 5.92 Å². The smallest absolute Gasteiger partial charge is 0.303 e. The molecule has 1 N–H and O–H groups in total. The van der Waals surface area contributed by atoms with Gasteiger partial charge in [0.1, 0.15) is 0 Å². The van der Waals surface area contributed by atoms with E-state index in [4.69, 9.17) is 5.11 Å². The maximum absolute atomic E-state index is 12.4. The number of rotatable bonds is 6. The van der Waals surface area contributed by atoms with Gasteiger partial charge in [0, 0.05) is 44.2 Å². The van der Waals surface area contributed by atoms with Gasteiger partial charge in [-0.05, 0) is 55.4 Å². The van der Waals surface area contributed by atoms with Crippen LogP contribution in [-0.2, 0) is 14.4 Å². The average Bonchev–Trinajstić information content (AvgIpc) is 3.11. The first-order valence-electron chi connectivity index (χ1n) is 9.62. The third kappa shape index (κ3) is 5.18. The number of piperidine rings is 1. The van der Waals surface area contributed by atoms with E-state index in [0.29, 0.717) is 19.4 Å². The normalized spacial score (nSPS) is 20.4. The van der Waals surface area contributed by atoms with Crippen LogP contribution in [0.3, 0.4) is 0 Å². The van der Waals surface area contributed by atoms with Crippen molar-refractivity contribution in [1.82, 2.24) is 4.90 Å². The minimum absolute atomic E-state index is 0.0335. The zero-order valence-electron chi connectivity index (χ0n) is 15.5. The topological polar surface area (TPSA) is 77.9 Å². The van der Waals surface area contributed by atoms with Crippen molar-refractivity contribution in [3.63, 3.8) is 0 Å². The summed E-state index contributed by atoms with van der Waals surface area (Å²) in [7, 11) is 0. The van der Waals surface area contributed by atoms with Crippen molar-refractivity contribution in [2.45, 2.75) is 38.5 Å². The van der Waals surface area contributed by atoms with Crippen LogP contribution in [0.5, 0.6) is 0 Å². The molecule has 0 saturated carbocycles. The minimum Gasteiger partial charge on any atom is -0.481 e. The van der Waals surface area contributed by atoms with Gasteiger partial charge in [0.2, 0.25) is 11.8 Å². The van der Waals surface area contributed by atoms with Crippen LogP contribution in [0.1, 0.15) is 44.1 Å². The third-order valence-corrected chi connectivity index (χ3v) is 5.29. The monoisotopic (exact) mass is 370 g/mol. The summed E-state index contributed by atoms with van der Waals surface area (Å²) in [6, 6.07) is 7.65. The van der Waals surface area contributed by atoms with Crippen molar-refractivity contribution in [2.24, 2.45) is 5.92 Å². The van der Waals surface area contributed by atoms with E-state index < -0.39 is 5.97 Å². The number of hydrogen-bond donors (Lipinski definition) is 1. The number of carboxylic acids is 1. The summed E-state index contributed by atoms with van der Waals surface area (Å²) in [6.07, 6.45) is 7.57. The fourth-order valence-electron chi connectivity index (χ4n) is 3.79. The molecule has 2 aliphatic rings. The van der Waals surface area contributed by atoms with Gasteiger partial charge in [0.05, 0.1) is 0 Å². The maximum atomic E-state index is 12.4. The molecule has 0 aromatic heterocycles. The molecule has 2 amide bonds. The number of carboxylic acid groups (broad SMARTS) is 1. The van der Waals surface area contributed by atoms with Crippen LogP contribution in [0.2, 0.25) is 0 Å². The van der Waals surface area contributed by atoms with E-state index in [2.05, 4.69) is 0 Å². The fraction of sp³-hybridized carbons (Fsp3) is 0.476. The first-order valence-corrected chi connectivity index (χ1v) is 9.62. The SMILES string of the molecule is O=C(O)CCC1CCCN(C(=O)C=Cc2ccc(N3CCCC3=O)cc2)C1. The molecule has 2 aliphatic heterocycles. The second-order valence-electron chi connectivity index (χ2n) is 7.30. The molecule has 2 saturated heterocycles. The van der Waals surface area contributed by atoms with Gasteiger partial charge in [-0.2, -0.15) is 0 Å². The number of benzene rings is 1. The Kier molecular flexibility index (Phi) is 6.27. The van der Waals surface area contributed by atoms with Gasteiger partial charge in [-0.15, -0.1) is 0 Å². The summed E-state index contributed by atoms with van der Waals surface area (Å²) < 4.78 is 0. The van der Waals surface area contributed by atoms with Crippen LogP contribution in [0.25, 0.3) is 6.08 Å². The quantitative estimate of drug-likeness (QED) is 0.781. The molecule has 0 aliphatic carbocycles. The zero-order chi connectivity index (χ0) is 19.2. The Labute approximate surface area is 159 Å². The molecule has 2 fully saturated rings. The second-order valence-corrected chi connectivity index (χ2v) is 7.30. The van der Waals surface area contributed by atoms with Gasteiger partial charge in [0.15, 0.2) is 0 Å². The molecule has 3 rings (SSSR count). The van der Waals surface area contributed by atoms with E-state index in [0.717, 1.165) is 43.6 Å². The van der Waals surface area contributed by atoms with Gasteiger partial charge in [-0.25, -0.2) is 0 Å². The molecule has 1 aromatic carbocycles. The molecule has 6 heteroatoms. The van der Waals surface area contributed by atoms with Crippen LogP contribution in [0.15, 0.2) is 30.3 Å². The molecule has 6 nitrogen and oxygen atoms in total. The summed E-state index contributed by atoms with van der Waals surface area (Å²) in [5.41, 5.74) is 1.82. The van der Waals surface area contributed by atoms with Gasteiger partial charge >= 0.3 is 5.97 Å². The minimum atomic E-state index is -0.780. The van der Waals surface area contributed by atoms with E-state index in [1.807, 2.05) is 29.2 Å². The van der Waals surface area contributed by atoms with Gasteiger partial charge < -0.3 is 14.9 Å².